The number of ether oxygens (including phenoxy) is 1. The van der Waals surface area contributed by atoms with Crippen LogP contribution in [0.4, 0.5) is 0 Å². The van der Waals surface area contributed by atoms with Crippen molar-refractivity contribution in [2.45, 2.75) is 105 Å². The molecule has 2 aromatic carbocycles. The van der Waals surface area contributed by atoms with Crippen molar-refractivity contribution in [3.8, 4) is 34.2 Å². The van der Waals surface area contributed by atoms with Crippen molar-refractivity contribution >= 4 is 40.5 Å². The Bertz CT molecular complexity index is 2580. The van der Waals surface area contributed by atoms with E-state index < -0.39 is 40.8 Å². The molecule has 13 heteroatoms. The predicted molar refractivity (Wildman–Crippen MR) is 245 cm³/mol. The maximum absolute atomic E-state index is 14.7. The highest BCUT2D eigenvalue weighted by atomic mass is 16.5. The Morgan fingerprint density at radius 3 is 2.48 bits per heavy atom. The van der Waals surface area contributed by atoms with Crippen LogP contribution in [-0.2, 0) is 48.6 Å². The second-order valence-corrected chi connectivity index (χ2v) is 19.7. The van der Waals surface area contributed by atoms with Gasteiger partial charge in [0.15, 0.2) is 0 Å². The Kier molecular flexibility index (Phi) is 12.2. The lowest BCUT2D eigenvalue weighted by Crippen LogP contribution is -2.64. The van der Waals surface area contributed by atoms with Gasteiger partial charge in [-0.2, -0.15) is 0 Å². The average Bonchev–Trinajstić information content (AvgIpc) is 3.73. The third-order valence-electron chi connectivity index (χ3n) is 13.5. The summed E-state index contributed by atoms with van der Waals surface area (Å²) in [4.78, 5) is 77.7. The van der Waals surface area contributed by atoms with Crippen molar-refractivity contribution in [1.29, 1.82) is 0 Å². The molecule has 3 saturated heterocycles. The van der Waals surface area contributed by atoms with Crippen LogP contribution in [0.2, 0.25) is 0 Å². The van der Waals surface area contributed by atoms with Crippen molar-refractivity contribution in [1.82, 2.24) is 35.1 Å². The summed E-state index contributed by atoms with van der Waals surface area (Å²) in [6, 6.07) is 16.1. The highest BCUT2D eigenvalue weighted by molar-refractivity contribution is 5.99. The largest absolute Gasteiger partial charge is 0.464 e. The van der Waals surface area contributed by atoms with Gasteiger partial charge >= 0.3 is 5.97 Å². The van der Waals surface area contributed by atoms with Gasteiger partial charge < -0.3 is 24.4 Å². The van der Waals surface area contributed by atoms with E-state index in [9.17, 15) is 24.0 Å². The van der Waals surface area contributed by atoms with Crippen LogP contribution in [0.5, 0.6) is 0 Å². The first-order chi connectivity index (χ1) is 30.5. The molecule has 4 amide bonds. The highest BCUT2D eigenvalue weighted by Gasteiger charge is 2.58. The Morgan fingerprint density at radius 1 is 0.984 bits per heavy atom. The zero-order valence-corrected chi connectivity index (χ0v) is 38.4. The van der Waals surface area contributed by atoms with E-state index in [4.69, 9.17) is 9.72 Å². The monoisotopic (exact) mass is 867 g/mol. The number of cyclic esters (lactones) is 1. The average molecular weight is 868 g/mol. The first-order valence-electron chi connectivity index (χ1n) is 22.7. The van der Waals surface area contributed by atoms with Crippen LogP contribution >= 0.6 is 0 Å². The number of likely N-dealkylation sites (tertiary alicyclic amines) is 2. The third kappa shape index (κ3) is 8.40. The minimum Gasteiger partial charge on any atom is -0.464 e. The number of carbonyl (C=O) groups is 5. The van der Waals surface area contributed by atoms with Crippen LogP contribution in [0.25, 0.3) is 33.3 Å². The highest BCUT2D eigenvalue weighted by Crippen LogP contribution is 2.43. The summed E-state index contributed by atoms with van der Waals surface area (Å²) >= 11 is 0. The smallest absolute Gasteiger partial charge is 0.324 e. The van der Waals surface area contributed by atoms with E-state index in [1.807, 2.05) is 38.2 Å². The molecule has 1 spiro atoms. The van der Waals surface area contributed by atoms with Crippen LogP contribution in [-0.4, -0.2) is 105 Å². The summed E-state index contributed by atoms with van der Waals surface area (Å²) in [5, 5.41) is 5.64. The van der Waals surface area contributed by atoms with Gasteiger partial charge in [0.1, 0.15) is 18.1 Å². The van der Waals surface area contributed by atoms with E-state index in [0.29, 0.717) is 38.8 Å². The molecule has 2 aromatic heterocycles. The van der Waals surface area contributed by atoms with E-state index in [-0.39, 0.29) is 55.7 Å². The topological polar surface area (TPSA) is 146 Å². The number of benzene rings is 2. The molecular formula is C51H61N7O6. The number of rotatable bonds is 6. The number of nitrogens with one attached hydrogen (secondary N) is 2. The minimum absolute atomic E-state index is 0.159. The number of esters is 1. The van der Waals surface area contributed by atoms with Gasteiger partial charge in [0.25, 0.3) is 11.8 Å². The van der Waals surface area contributed by atoms with Crippen molar-refractivity contribution in [2.75, 3.05) is 32.8 Å². The van der Waals surface area contributed by atoms with Gasteiger partial charge in [-0.1, -0.05) is 77.8 Å². The molecule has 8 rings (SSSR count). The number of hydrogen-bond donors (Lipinski definition) is 2. The third-order valence-corrected chi connectivity index (χ3v) is 13.5. The number of nitrogens with zero attached hydrogens (tertiary/aromatic N) is 5. The fraction of sp³-hybridized carbons (Fsp3) is 0.490. The number of fused-ring (bicyclic) bond motifs is 6. The van der Waals surface area contributed by atoms with Crippen molar-refractivity contribution in [3.63, 3.8) is 0 Å². The lowest BCUT2D eigenvalue weighted by Gasteiger charge is -2.46. The molecule has 13 nitrogen and oxygen atoms in total. The number of amides is 4. The maximum Gasteiger partial charge on any atom is 0.324 e. The molecule has 0 radical (unpaired) electrons. The number of aryl methyl sites for hydroxylation is 1. The molecule has 3 fully saturated rings. The normalized spacial score (nSPS) is 21.3. The number of pyridine rings is 1. The van der Waals surface area contributed by atoms with Crippen LogP contribution in [0.1, 0.15) is 90.5 Å². The molecular weight excluding hydrogens is 807 g/mol. The fourth-order valence-electron chi connectivity index (χ4n) is 10.3. The molecule has 0 saturated carbocycles. The summed E-state index contributed by atoms with van der Waals surface area (Å²) in [6.07, 6.45) is 4.20. The van der Waals surface area contributed by atoms with E-state index >= 15 is 0 Å². The SMILES string of the molecule is CC#CC(=O)N1CC2(CCN([C@H](C(=O)N[C@H]3Cc4cccc(c4)-c4ccc5c(c4)c(c(-c4cccnc4C(C)C)n5C)CC(C)(C)COC(=O)[C@@H]4CCCN(N4)C3=O)C(C)C)C2=O)C1. The minimum atomic E-state index is -1.03. The summed E-state index contributed by atoms with van der Waals surface area (Å²) in [7, 11) is 2.10. The number of hydrazine groups is 1. The molecule has 2 N–H and O–H groups in total. The molecule has 6 heterocycles. The molecule has 64 heavy (non-hydrogen) atoms. The summed E-state index contributed by atoms with van der Waals surface area (Å²) in [5.41, 5.74) is 10.2. The van der Waals surface area contributed by atoms with E-state index in [2.05, 4.69) is 98.3 Å². The second-order valence-electron chi connectivity index (χ2n) is 19.7. The Labute approximate surface area is 376 Å². The summed E-state index contributed by atoms with van der Waals surface area (Å²) in [6.45, 7) is 15.3. The Morgan fingerprint density at radius 2 is 1.75 bits per heavy atom. The van der Waals surface area contributed by atoms with E-state index in [0.717, 1.165) is 50.1 Å². The van der Waals surface area contributed by atoms with E-state index in [1.54, 1.807) is 16.7 Å². The Hall–Kier alpha value is -6.00. The number of carbonyl (C=O) groups excluding carboxylic acids is 5. The molecule has 6 bridgehead atoms. The zero-order valence-electron chi connectivity index (χ0n) is 38.4. The lowest BCUT2D eigenvalue weighted by molar-refractivity contribution is -0.155. The van der Waals surface area contributed by atoms with Gasteiger partial charge in [0.05, 0.1) is 23.4 Å². The summed E-state index contributed by atoms with van der Waals surface area (Å²) in [5.74, 6) is 3.39. The van der Waals surface area contributed by atoms with Gasteiger partial charge in [-0.25, -0.2) is 5.43 Å². The maximum atomic E-state index is 14.7. The first-order valence-corrected chi connectivity index (χ1v) is 22.7. The number of hydrogen-bond acceptors (Lipinski definition) is 8. The quantitative estimate of drug-likeness (QED) is 0.183. The van der Waals surface area contributed by atoms with Crippen LogP contribution in [0.3, 0.4) is 0 Å². The van der Waals surface area contributed by atoms with Gasteiger partial charge in [0.2, 0.25) is 11.8 Å². The molecule has 3 atom stereocenters. The van der Waals surface area contributed by atoms with E-state index in [1.165, 1.54) is 5.01 Å². The van der Waals surface area contributed by atoms with Gasteiger partial charge in [-0.3, -0.25) is 34.0 Å². The molecule has 4 aliphatic heterocycles. The van der Waals surface area contributed by atoms with Crippen LogP contribution in [0.15, 0.2) is 60.8 Å². The first kappa shape index (κ1) is 44.6. The Balaban J connectivity index is 1.16. The second kappa shape index (κ2) is 17.5. The van der Waals surface area contributed by atoms with Gasteiger partial charge in [-0.05, 0) is 96.9 Å². The zero-order chi connectivity index (χ0) is 45.7. The predicted octanol–water partition coefficient (Wildman–Crippen LogP) is 5.79. The molecule has 4 aromatic rings. The lowest BCUT2D eigenvalue weighted by atomic mass is 9.78. The molecule has 336 valence electrons. The van der Waals surface area contributed by atoms with Crippen molar-refractivity contribution in [3.05, 3.63) is 77.6 Å². The summed E-state index contributed by atoms with van der Waals surface area (Å²) < 4.78 is 8.36. The standard InChI is InChI=1S/C51H61N7O6/c1-9-13-42(59)56-28-51(29-56)20-23-57(49(51)63)44(32(4)5)46(60)53-40-25-33-14-10-15-34(24-33)35-18-19-41-37(26-35)38(45(55(41)8)36-16-11-21-52-43(36)31(2)3)27-50(6,7)30-64-48(62)39-17-12-22-58(54-39)47(40)61/h10-11,14-16,18-19,21,24,26,31-32,39-40,44,54H,12,17,20,22-23,25,27-30H2,1-8H3,(H,53,60)/t39-,40-,44-/m0/s1. The fourth-order valence-corrected chi connectivity index (χ4v) is 10.3. The number of aromatic nitrogens is 2. The molecule has 0 aliphatic carbocycles. The van der Waals surface area contributed by atoms with Crippen LogP contribution < -0.4 is 10.7 Å². The van der Waals surface area contributed by atoms with Gasteiger partial charge in [0, 0.05) is 67.7 Å². The van der Waals surface area contributed by atoms with Crippen molar-refractivity contribution < 1.29 is 28.7 Å². The molecule has 4 aliphatic rings. The molecule has 0 unspecified atom stereocenters. The van der Waals surface area contributed by atoms with Gasteiger partial charge in [-0.15, -0.1) is 0 Å². The van der Waals surface area contributed by atoms with Crippen LogP contribution in [0, 0.1) is 28.6 Å². The van der Waals surface area contributed by atoms with Crippen molar-refractivity contribution in [2.24, 2.45) is 23.8 Å².